The average Bonchev–Trinajstić information content (AvgIpc) is 2.58. The topological polar surface area (TPSA) is 71.5 Å². The molecule has 0 saturated carbocycles. The number of carbonyl (C=O) groups excluding carboxylic acids is 1. The summed E-state index contributed by atoms with van der Waals surface area (Å²) in [6, 6.07) is 8.19. The number of nitrogens with zero attached hydrogens (tertiary/aromatic N) is 1. The highest BCUT2D eigenvalue weighted by atomic mass is 19.1. The van der Waals surface area contributed by atoms with Gasteiger partial charge >= 0.3 is 0 Å². The maximum Gasteiger partial charge on any atom is 0.244 e. The summed E-state index contributed by atoms with van der Waals surface area (Å²) in [5, 5.41) is 12.6. The van der Waals surface area contributed by atoms with Crippen LogP contribution in [0.1, 0.15) is 17.2 Å². The Morgan fingerprint density at radius 2 is 2.13 bits per heavy atom. The molecule has 1 aromatic heterocycles. The number of carbonyl (C=O) groups is 1. The number of nitrogens with one attached hydrogen (secondary N) is 1. The van der Waals surface area contributed by atoms with Crippen LogP contribution in [0.5, 0.6) is 5.75 Å². The predicted molar refractivity (Wildman–Crippen MR) is 84.2 cm³/mol. The number of aromatic nitrogens is 1. The van der Waals surface area contributed by atoms with Gasteiger partial charge in [-0.3, -0.25) is 9.78 Å². The van der Waals surface area contributed by atoms with Gasteiger partial charge in [0.1, 0.15) is 11.6 Å². The van der Waals surface area contributed by atoms with Crippen LogP contribution in [0, 0.1) is 5.82 Å². The number of pyridine rings is 1. The molecule has 120 valence electrons. The van der Waals surface area contributed by atoms with Gasteiger partial charge in [0.15, 0.2) is 0 Å². The molecule has 0 saturated heterocycles. The van der Waals surface area contributed by atoms with Gasteiger partial charge in [0.25, 0.3) is 0 Å². The van der Waals surface area contributed by atoms with Crippen LogP contribution in [0.2, 0.25) is 0 Å². The van der Waals surface area contributed by atoms with Gasteiger partial charge in [0.05, 0.1) is 19.4 Å². The van der Waals surface area contributed by atoms with E-state index in [2.05, 4.69) is 10.3 Å². The number of ether oxygens (including phenoxy) is 1. The van der Waals surface area contributed by atoms with Crippen LogP contribution in [-0.4, -0.2) is 29.7 Å². The number of hydrogen-bond donors (Lipinski definition) is 2. The van der Waals surface area contributed by atoms with Crippen LogP contribution in [0.3, 0.4) is 0 Å². The lowest BCUT2D eigenvalue weighted by Crippen LogP contribution is -2.26. The third-order valence-electron chi connectivity index (χ3n) is 3.12. The largest absolute Gasteiger partial charge is 0.497 e. The smallest absolute Gasteiger partial charge is 0.244 e. The zero-order valence-corrected chi connectivity index (χ0v) is 12.6. The molecule has 1 atom stereocenters. The second kappa shape index (κ2) is 8.05. The van der Waals surface area contributed by atoms with Crippen LogP contribution in [-0.2, 0) is 4.79 Å². The molecule has 0 aliphatic carbocycles. The van der Waals surface area contributed by atoms with Crippen molar-refractivity contribution in [2.45, 2.75) is 6.10 Å². The maximum atomic E-state index is 12.9. The summed E-state index contributed by atoms with van der Waals surface area (Å²) in [5.74, 6) is -0.166. The highest BCUT2D eigenvalue weighted by Gasteiger charge is 2.08. The first-order chi connectivity index (χ1) is 11.1. The minimum absolute atomic E-state index is 0.0664. The summed E-state index contributed by atoms with van der Waals surface area (Å²) < 4.78 is 18.0. The van der Waals surface area contributed by atoms with E-state index in [1.54, 1.807) is 31.4 Å². The summed E-state index contributed by atoms with van der Waals surface area (Å²) >= 11 is 0. The van der Waals surface area contributed by atoms with E-state index in [1.165, 1.54) is 24.4 Å². The van der Waals surface area contributed by atoms with Gasteiger partial charge in [-0.05, 0) is 35.4 Å². The van der Waals surface area contributed by atoms with Gasteiger partial charge in [-0.15, -0.1) is 0 Å². The molecule has 1 aromatic carbocycles. The van der Waals surface area contributed by atoms with E-state index in [4.69, 9.17) is 4.74 Å². The van der Waals surface area contributed by atoms with Crippen molar-refractivity contribution in [1.29, 1.82) is 0 Å². The molecule has 6 heteroatoms. The number of rotatable bonds is 6. The molecule has 0 aliphatic rings. The first kappa shape index (κ1) is 16.6. The molecule has 1 amide bonds. The Morgan fingerprint density at radius 1 is 1.39 bits per heavy atom. The van der Waals surface area contributed by atoms with Crippen molar-refractivity contribution >= 4 is 12.0 Å². The minimum Gasteiger partial charge on any atom is -0.497 e. The Hall–Kier alpha value is -2.73. The minimum atomic E-state index is -0.825. The normalized spacial score (nSPS) is 12.1. The molecule has 2 N–H and O–H groups in total. The summed E-state index contributed by atoms with van der Waals surface area (Å²) in [7, 11) is 1.56. The van der Waals surface area contributed by atoms with Crippen LogP contribution >= 0.6 is 0 Å². The average molecular weight is 316 g/mol. The molecule has 23 heavy (non-hydrogen) atoms. The van der Waals surface area contributed by atoms with Gasteiger partial charge in [0.2, 0.25) is 5.91 Å². The molecular formula is C17H17FN2O3. The Labute approximate surface area is 133 Å². The van der Waals surface area contributed by atoms with Gasteiger partial charge in [-0.25, -0.2) is 4.39 Å². The van der Waals surface area contributed by atoms with Gasteiger partial charge in [-0.1, -0.05) is 12.1 Å². The van der Waals surface area contributed by atoms with Crippen LogP contribution in [0.4, 0.5) is 4.39 Å². The Bertz CT molecular complexity index is 686. The fraction of sp³-hybridized carbons (Fsp3) is 0.176. The zero-order chi connectivity index (χ0) is 16.7. The summed E-state index contributed by atoms with van der Waals surface area (Å²) in [6.07, 6.45) is 4.42. The summed E-state index contributed by atoms with van der Waals surface area (Å²) in [5.41, 5.74) is 1.15. The summed E-state index contributed by atoms with van der Waals surface area (Å²) in [4.78, 5) is 15.4. The first-order valence-electron chi connectivity index (χ1n) is 6.97. The maximum absolute atomic E-state index is 12.9. The molecule has 0 fully saturated rings. The highest BCUT2D eigenvalue weighted by Crippen LogP contribution is 2.16. The molecule has 0 spiro atoms. The standard InChI is InChI=1S/C17H17FN2O3/c1-23-15-5-3-13(4-6-15)16(21)11-20-17(22)7-2-12-8-14(18)10-19-9-12/h2-10,16,21H,11H2,1H3,(H,20,22)/b7-2+. The van der Waals surface area contributed by atoms with E-state index in [0.29, 0.717) is 16.9 Å². The van der Waals surface area contributed by atoms with E-state index in [9.17, 15) is 14.3 Å². The van der Waals surface area contributed by atoms with Crippen LogP contribution in [0.25, 0.3) is 6.08 Å². The molecule has 0 bridgehead atoms. The number of aliphatic hydroxyl groups is 1. The first-order valence-corrected chi connectivity index (χ1v) is 6.97. The number of aliphatic hydroxyl groups excluding tert-OH is 1. The number of amides is 1. The number of halogens is 1. The second-order valence-corrected chi connectivity index (χ2v) is 4.80. The molecule has 1 heterocycles. The molecule has 2 aromatic rings. The van der Waals surface area contributed by atoms with Crippen LogP contribution < -0.4 is 10.1 Å². The monoisotopic (exact) mass is 316 g/mol. The van der Waals surface area contributed by atoms with E-state index >= 15 is 0 Å². The quantitative estimate of drug-likeness (QED) is 0.801. The van der Waals surface area contributed by atoms with Crippen molar-refractivity contribution in [2.75, 3.05) is 13.7 Å². The molecule has 0 radical (unpaired) electrons. The van der Waals surface area contributed by atoms with Gasteiger partial charge in [0, 0.05) is 18.8 Å². The molecular weight excluding hydrogens is 299 g/mol. The lowest BCUT2D eigenvalue weighted by molar-refractivity contribution is -0.116. The highest BCUT2D eigenvalue weighted by molar-refractivity contribution is 5.91. The zero-order valence-electron chi connectivity index (χ0n) is 12.6. The Kier molecular flexibility index (Phi) is 5.82. The third-order valence-corrected chi connectivity index (χ3v) is 3.12. The Balaban J connectivity index is 1.85. The van der Waals surface area contributed by atoms with Crippen molar-refractivity contribution < 1.29 is 19.0 Å². The second-order valence-electron chi connectivity index (χ2n) is 4.80. The van der Waals surface area contributed by atoms with E-state index in [0.717, 1.165) is 6.20 Å². The molecule has 2 rings (SSSR count). The number of benzene rings is 1. The van der Waals surface area contributed by atoms with Crippen molar-refractivity contribution in [3.8, 4) is 5.75 Å². The van der Waals surface area contributed by atoms with Gasteiger partial charge < -0.3 is 15.2 Å². The number of hydrogen-bond acceptors (Lipinski definition) is 4. The van der Waals surface area contributed by atoms with E-state index in [1.807, 2.05) is 0 Å². The fourth-order valence-corrected chi connectivity index (χ4v) is 1.89. The number of methoxy groups -OCH3 is 1. The predicted octanol–water partition coefficient (Wildman–Crippen LogP) is 2.09. The SMILES string of the molecule is COc1ccc(C(O)CNC(=O)/C=C/c2cncc(F)c2)cc1. The lowest BCUT2D eigenvalue weighted by atomic mass is 10.1. The van der Waals surface area contributed by atoms with Crippen molar-refractivity contribution in [3.05, 3.63) is 65.7 Å². The van der Waals surface area contributed by atoms with E-state index in [-0.39, 0.29) is 12.5 Å². The Morgan fingerprint density at radius 3 is 2.78 bits per heavy atom. The molecule has 0 aliphatic heterocycles. The lowest BCUT2D eigenvalue weighted by Gasteiger charge is -2.11. The fourth-order valence-electron chi connectivity index (χ4n) is 1.89. The third kappa shape index (κ3) is 5.19. The van der Waals surface area contributed by atoms with Crippen LogP contribution in [0.15, 0.2) is 48.8 Å². The van der Waals surface area contributed by atoms with Crippen molar-refractivity contribution in [1.82, 2.24) is 10.3 Å². The summed E-state index contributed by atoms with van der Waals surface area (Å²) in [6.45, 7) is 0.0664. The van der Waals surface area contributed by atoms with Crippen molar-refractivity contribution in [3.63, 3.8) is 0 Å². The molecule has 5 nitrogen and oxygen atoms in total. The molecule has 1 unspecified atom stereocenters. The van der Waals surface area contributed by atoms with Gasteiger partial charge in [-0.2, -0.15) is 0 Å². The van der Waals surface area contributed by atoms with E-state index < -0.39 is 11.9 Å². The van der Waals surface area contributed by atoms with Crippen molar-refractivity contribution in [2.24, 2.45) is 0 Å².